The number of ether oxygens (including phenoxy) is 2. The molecule has 3 N–H and O–H groups in total. The SMILES string of the molecule is COC[C@H]1O[C@@H](n2cnc3c(NCC4CC4)nc(C)nc32)C(O)C1O. The quantitative estimate of drug-likeness (QED) is 0.679. The number of nitrogens with one attached hydrogen (secondary N) is 1. The van der Waals surface area contributed by atoms with Crippen molar-refractivity contribution in [3.8, 4) is 0 Å². The summed E-state index contributed by atoms with van der Waals surface area (Å²) in [6.07, 6.45) is 0.569. The van der Waals surface area contributed by atoms with E-state index >= 15 is 0 Å². The molecule has 1 aliphatic carbocycles. The number of aliphatic hydroxyl groups is 2. The summed E-state index contributed by atoms with van der Waals surface area (Å²) in [5.74, 6) is 2.00. The van der Waals surface area contributed by atoms with Crippen molar-refractivity contribution in [1.82, 2.24) is 19.5 Å². The minimum absolute atomic E-state index is 0.198. The molecule has 3 heterocycles. The smallest absolute Gasteiger partial charge is 0.167 e. The van der Waals surface area contributed by atoms with Crippen molar-refractivity contribution in [1.29, 1.82) is 0 Å². The predicted octanol–water partition coefficient (Wildman–Crippen LogP) is 0.222. The molecule has 2 aliphatic rings. The number of aryl methyl sites for hydroxylation is 1. The minimum atomic E-state index is -1.09. The molecule has 9 nitrogen and oxygen atoms in total. The van der Waals surface area contributed by atoms with E-state index in [2.05, 4.69) is 20.3 Å². The van der Waals surface area contributed by atoms with E-state index in [0.29, 0.717) is 28.7 Å². The van der Waals surface area contributed by atoms with Gasteiger partial charge in [0.05, 0.1) is 12.9 Å². The molecule has 2 fully saturated rings. The van der Waals surface area contributed by atoms with E-state index in [-0.39, 0.29) is 6.61 Å². The van der Waals surface area contributed by atoms with Gasteiger partial charge in [-0.05, 0) is 25.7 Å². The van der Waals surface area contributed by atoms with Gasteiger partial charge < -0.3 is 25.0 Å². The highest BCUT2D eigenvalue weighted by atomic mass is 16.6. The summed E-state index contributed by atoms with van der Waals surface area (Å²) in [5, 5.41) is 23.9. The van der Waals surface area contributed by atoms with Crippen LogP contribution in [0.4, 0.5) is 5.82 Å². The van der Waals surface area contributed by atoms with Gasteiger partial charge in [0.25, 0.3) is 0 Å². The molecule has 1 saturated heterocycles. The molecule has 0 aromatic carbocycles. The molecule has 0 spiro atoms. The lowest BCUT2D eigenvalue weighted by molar-refractivity contribution is -0.0580. The molecule has 0 radical (unpaired) electrons. The van der Waals surface area contributed by atoms with Crippen LogP contribution in [0.2, 0.25) is 0 Å². The van der Waals surface area contributed by atoms with Gasteiger partial charge in [0.15, 0.2) is 23.2 Å². The van der Waals surface area contributed by atoms with Gasteiger partial charge in [0, 0.05) is 13.7 Å². The second kappa shape index (κ2) is 6.49. The number of methoxy groups -OCH3 is 1. The number of rotatable bonds is 6. The Labute approximate surface area is 145 Å². The van der Waals surface area contributed by atoms with Crippen LogP contribution >= 0.6 is 0 Å². The standard InChI is InChI=1S/C16H23N5O4/c1-8-19-14(17-5-9-3-4-9)11-15(20-8)21(7-18-11)16-13(23)12(22)10(25-16)6-24-2/h7,9-10,12-13,16,22-23H,3-6H2,1-2H3,(H,17,19,20)/t10-,12?,13?,16-/m1/s1. The maximum absolute atomic E-state index is 10.4. The van der Waals surface area contributed by atoms with E-state index in [4.69, 9.17) is 9.47 Å². The van der Waals surface area contributed by atoms with Crippen molar-refractivity contribution in [2.24, 2.45) is 5.92 Å². The lowest BCUT2D eigenvalue weighted by atomic mass is 10.1. The zero-order valence-electron chi connectivity index (χ0n) is 14.3. The Bertz CT molecular complexity index is 762. The summed E-state index contributed by atoms with van der Waals surface area (Å²) >= 11 is 0. The molecular formula is C16H23N5O4. The molecule has 0 amide bonds. The van der Waals surface area contributed by atoms with Crippen molar-refractivity contribution in [3.05, 3.63) is 12.2 Å². The van der Waals surface area contributed by atoms with Crippen molar-refractivity contribution in [2.75, 3.05) is 25.6 Å². The molecule has 4 atom stereocenters. The highest BCUT2D eigenvalue weighted by Crippen LogP contribution is 2.33. The number of fused-ring (bicyclic) bond motifs is 1. The summed E-state index contributed by atoms with van der Waals surface area (Å²) in [7, 11) is 1.52. The molecule has 2 aromatic rings. The third-order valence-electron chi connectivity index (χ3n) is 4.73. The van der Waals surface area contributed by atoms with Gasteiger partial charge in [-0.15, -0.1) is 0 Å². The number of hydrogen-bond acceptors (Lipinski definition) is 8. The lowest BCUT2D eigenvalue weighted by Gasteiger charge is -2.17. The van der Waals surface area contributed by atoms with Crippen LogP contribution in [-0.2, 0) is 9.47 Å². The third-order valence-corrected chi connectivity index (χ3v) is 4.73. The van der Waals surface area contributed by atoms with Crippen LogP contribution in [0.3, 0.4) is 0 Å². The molecular weight excluding hydrogens is 326 g/mol. The first-order valence-electron chi connectivity index (χ1n) is 8.54. The summed E-state index contributed by atoms with van der Waals surface area (Å²) in [6, 6.07) is 0. The predicted molar refractivity (Wildman–Crippen MR) is 89.1 cm³/mol. The van der Waals surface area contributed by atoms with Crippen LogP contribution in [0, 0.1) is 12.8 Å². The topological polar surface area (TPSA) is 115 Å². The van der Waals surface area contributed by atoms with Crippen LogP contribution in [0.5, 0.6) is 0 Å². The van der Waals surface area contributed by atoms with E-state index in [9.17, 15) is 10.2 Å². The van der Waals surface area contributed by atoms with Gasteiger partial charge in [0.2, 0.25) is 0 Å². The third kappa shape index (κ3) is 3.08. The second-order valence-electron chi connectivity index (χ2n) is 6.77. The number of aliphatic hydroxyl groups excluding tert-OH is 2. The van der Waals surface area contributed by atoms with E-state index in [1.165, 1.54) is 20.0 Å². The molecule has 25 heavy (non-hydrogen) atoms. The summed E-state index contributed by atoms with van der Waals surface area (Å²) in [6.45, 7) is 2.88. The number of nitrogens with zero attached hydrogens (tertiary/aromatic N) is 4. The Morgan fingerprint density at radius 3 is 2.84 bits per heavy atom. The first-order chi connectivity index (χ1) is 12.1. The van der Waals surface area contributed by atoms with Crippen molar-refractivity contribution in [2.45, 2.75) is 44.3 Å². The van der Waals surface area contributed by atoms with Crippen molar-refractivity contribution >= 4 is 17.0 Å². The van der Waals surface area contributed by atoms with Crippen LogP contribution < -0.4 is 5.32 Å². The van der Waals surface area contributed by atoms with Crippen molar-refractivity contribution < 1.29 is 19.7 Å². The first kappa shape index (κ1) is 16.6. The van der Waals surface area contributed by atoms with E-state index in [0.717, 1.165) is 6.54 Å². The highest BCUT2D eigenvalue weighted by molar-refractivity contribution is 5.83. The summed E-state index contributed by atoms with van der Waals surface area (Å²) < 4.78 is 12.5. The van der Waals surface area contributed by atoms with Gasteiger partial charge in [0.1, 0.15) is 24.1 Å². The van der Waals surface area contributed by atoms with Crippen LogP contribution in [0.1, 0.15) is 24.9 Å². The van der Waals surface area contributed by atoms with E-state index in [1.54, 1.807) is 10.9 Å². The van der Waals surface area contributed by atoms with Crippen molar-refractivity contribution in [3.63, 3.8) is 0 Å². The average molecular weight is 349 g/mol. The second-order valence-corrected chi connectivity index (χ2v) is 6.77. The maximum Gasteiger partial charge on any atom is 0.167 e. The molecule has 1 aliphatic heterocycles. The first-order valence-corrected chi connectivity index (χ1v) is 8.54. The number of aromatic nitrogens is 4. The summed E-state index contributed by atoms with van der Waals surface area (Å²) in [5.41, 5.74) is 1.20. The van der Waals surface area contributed by atoms with Crippen LogP contribution in [-0.4, -0.2) is 68.3 Å². The number of imidazole rings is 1. The summed E-state index contributed by atoms with van der Waals surface area (Å²) in [4.78, 5) is 13.3. The molecule has 2 unspecified atom stereocenters. The van der Waals surface area contributed by atoms with E-state index < -0.39 is 24.5 Å². The molecule has 1 saturated carbocycles. The normalized spacial score (nSPS) is 29.4. The Balaban J connectivity index is 1.66. The average Bonchev–Trinajstić information content (AvgIpc) is 3.27. The maximum atomic E-state index is 10.4. The highest BCUT2D eigenvalue weighted by Gasteiger charge is 2.44. The van der Waals surface area contributed by atoms with Gasteiger partial charge >= 0.3 is 0 Å². The van der Waals surface area contributed by atoms with Gasteiger partial charge in [-0.25, -0.2) is 15.0 Å². The van der Waals surface area contributed by atoms with Gasteiger partial charge in [-0.2, -0.15) is 0 Å². The molecule has 0 bridgehead atoms. The van der Waals surface area contributed by atoms with Gasteiger partial charge in [-0.3, -0.25) is 4.57 Å². The Hall–Kier alpha value is -1.81. The molecule has 4 rings (SSSR count). The zero-order valence-corrected chi connectivity index (χ0v) is 14.3. The zero-order chi connectivity index (χ0) is 17.6. The largest absolute Gasteiger partial charge is 0.387 e. The molecule has 2 aromatic heterocycles. The Morgan fingerprint density at radius 2 is 2.12 bits per heavy atom. The minimum Gasteiger partial charge on any atom is -0.387 e. The fourth-order valence-corrected chi connectivity index (χ4v) is 3.16. The molecule has 9 heteroatoms. The monoisotopic (exact) mass is 349 g/mol. The van der Waals surface area contributed by atoms with Crippen LogP contribution in [0.15, 0.2) is 6.33 Å². The fourth-order valence-electron chi connectivity index (χ4n) is 3.16. The Kier molecular flexibility index (Phi) is 4.32. The van der Waals surface area contributed by atoms with Gasteiger partial charge in [-0.1, -0.05) is 0 Å². The molecule has 136 valence electrons. The lowest BCUT2D eigenvalue weighted by Crippen LogP contribution is -2.33. The van der Waals surface area contributed by atoms with Crippen LogP contribution in [0.25, 0.3) is 11.2 Å². The van der Waals surface area contributed by atoms with E-state index in [1.807, 2.05) is 6.92 Å². The number of anilines is 1. The Morgan fingerprint density at radius 1 is 1.32 bits per heavy atom. The fraction of sp³-hybridized carbons (Fsp3) is 0.688. The number of hydrogen-bond donors (Lipinski definition) is 3.